The Hall–Kier alpha value is -0.960. The van der Waals surface area contributed by atoms with Gasteiger partial charge in [-0.2, -0.15) is 0 Å². The van der Waals surface area contributed by atoms with Crippen LogP contribution in [0.15, 0.2) is 18.3 Å². The maximum Gasteiger partial charge on any atom is 0.168 e. The van der Waals surface area contributed by atoms with E-state index in [0.29, 0.717) is 11.8 Å². The van der Waals surface area contributed by atoms with Gasteiger partial charge in [-0.3, -0.25) is 0 Å². The van der Waals surface area contributed by atoms with E-state index in [-0.39, 0.29) is 6.10 Å². The molecule has 3 nitrogen and oxygen atoms in total. The molecule has 0 aliphatic heterocycles. The van der Waals surface area contributed by atoms with Gasteiger partial charge in [0.2, 0.25) is 0 Å². The van der Waals surface area contributed by atoms with Crippen molar-refractivity contribution in [2.75, 3.05) is 17.7 Å². The fourth-order valence-corrected chi connectivity index (χ4v) is 1.80. The zero-order valence-electron chi connectivity index (χ0n) is 10.7. The topological polar surface area (TPSA) is 34.2 Å². The van der Waals surface area contributed by atoms with Crippen LogP contribution in [0.1, 0.15) is 27.2 Å². The van der Waals surface area contributed by atoms with Crippen LogP contribution in [0, 0.1) is 5.92 Å². The van der Waals surface area contributed by atoms with Crippen molar-refractivity contribution in [3.63, 3.8) is 0 Å². The fraction of sp³-hybridized carbons (Fsp3) is 0.615. The molecule has 0 amide bonds. The molecule has 1 N–H and O–H groups in total. The summed E-state index contributed by atoms with van der Waals surface area (Å²) in [6, 6.07) is 3.81. The van der Waals surface area contributed by atoms with E-state index in [2.05, 4.69) is 17.2 Å². The number of nitrogens with one attached hydrogen (secondary N) is 1. The van der Waals surface area contributed by atoms with E-state index < -0.39 is 0 Å². The van der Waals surface area contributed by atoms with Crippen LogP contribution >= 0.6 is 11.6 Å². The monoisotopic (exact) mass is 256 g/mol. The first kappa shape index (κ1) is 14.1. The minimum Gasteiger partial charge on any atom is -0.487 e. The number of pyridine rings is 1. The predicted molar refractivity (Wildman–Crippen MR) is 73.0 cm³/mol. The van der Waals surface area contributed by atoms with E-state index in [1.54, 1.807) is 6.20 Å². The Morgan fingerprint density at radius 3 is 2.82 bits per heavy atom. The molecule has 0 bridgehead atoms. The molecule has 0 saturated heterocycles. The first-order valence-corrected chi connectivity index (χ1v) is 6.58. The maximum atomic E-state index is 5.71. The van der Waals surface area contributed by atoms with E-state index in [4.69, 9.17) is 16.3 Å². The van der Waals surface area contributed by atoms with Gasteiger partial charge in [0.15, 0.2) is 11.6 Å². The third kappa shape index (κ3) is 5.26. The molecule has 1 heterocycles. The van der Waals surface area contributed by atoms with Gasteiger partial charge in [0, 0.05) is 18.6 Å². The number of hydrogen-bond acceptors (Lipinski definition) is 3. The Labute approximate surface area is 109 Å². The summed E-state index contributed by atoms with van der Waals surface area (Å²) in [5.74, 6) is 2.84. The second kappa shape index (κ2) is 7.38. The lowest BCUT2D eigenvalue weighted by atomic mass is 10.1. The smallest absolute Gasteiger partial charge is 0.168 e. The molecular weight excluding hydrogens is 236 g/mol. The second-order valence-electron chi connectivity index (χ2n) is 4.48. The molecule has 1 unspecified atom stereocenters. The number of anilines is 1. The lowest BCUT2D eigenvalue weighted by Gasteiger charge is -2.16. The molecule has 0 saturated carbocycles. The number of rotatable bonds is 7. The first-order valence-electron chi connectivity index (χ1n) is 6.05. The van der Waals surface area contributed by atoms with Gasteiger partial charge >= 0.3 is 0 Å². The quantitative estimate of drug-likeness (QED) is 0.758. The average molecular weight is 257 g/mol. The predicted octanol–water partition coefficient (Wildman–Crippen LogP) is 3.55. The maximum absolute atomic E-state index is 5.71. The van der Waals surface area contributed by atoms with Crippen molar-refractivity contribution in [3.05, 3.63) is 18.3 Å². The summed E-state index contributed by atoms with van der Waals surface area (Å²) in [5, 5.41) is 3.31. The SMILES string of the molecule is CC(CCCl)CNc1ncccc1OC(C)C. The summed E-state index contributed by atoms with van der Waals surface area (Å²) in [6.07, 6.45) is 2.92. The second-order valence-corrected chi connectivity index (χ2v) is 4.86. The summed E-state index contributed by atoms with van der Waals surface area (Å²) in [6.45, 7) is 7.04. The van der Waals surface area contributed by atoms with Crippen LogP contribution in [0.25, 0.3) is 0 Å². The highest BCUT2D eigenvalue weighted by molar-refractivity contribution is 6.17. The number of hydrogen-bond donors (Lipinski definition) is 1. The first-order chi connectivity index (χ1) is 8.13. The standard InChI is InChI=1S/C13H21ClN2O/c1-10(2)17-12-5-4-8-15-13(12)16-9-11(3)6-7-14/h4-5,8,10-11H,6-7,9H2,1-3H3,(H,15,16). The van der Waals surface area contributed by atoms with Crippen LogP contribution in [0.4, 0.5) is 5.82 Å². The van der Waals surface area contributed by atoms with Gasteiger partial charge < -0.3 is 10.1 Å². The van der Waals surface area contributed by atoms with Crippen molar-refractivity contribution in [3.8, 4) is 5.75 Å². The molecule has 0 aliphatic rings. The Bertz CT molecular complexity index is 331. The zero-order valence-corrected chi connectivity index (χ0v) is 11.5. The van der Waals surface area contributed by atoms with E-state index in [1.165, 1.54) is 0 Å². The number of aromatic nitrogens is 1. The normalized spacial score (nSPS) is 12.5. The van der Waals surface area contributed by atoms with E-state index in [0.717, 1.165) is 24.5 Å². The van der Waals surface area contributed by atoms with Crippen molar-refractivity contribution in [2.45, 2.75) is 33.3 Å². The van der Waals surface area contributed by atoms with Crippen LogP contribution in [-0.2, 0) is 0 Å². The third-order valence-electron chi connectivity index (χ3n) is 2.35. The third-order valence-corrected chi connectivity index (χ3v) is 2.57. The number of ether oxygens (including phenoxy) is 1. The Balaban J connectivity index is 2.57. The van der Waals surface area contributed by atoms with Crippen molar-refractivity contribution >= 4 is 17.4 Å². The molecule has 0 aromatic carbocycles. The van der Waals surface area contributed by atoms with Gasteiger partial charge in [-0.1, -0.05) is 6.92 Å². The Morgan fingerprint density at radius 1 is 1.41 bits per heavy atom. The minimum absolute atomic E-state index is 0.153. The van der Waals surface area contributed by atoms with Gasteiger partial charge in [0.25, 0.3) is 0 Å². The van der Waals surface area contributed by atoms with E-state index in [1.807, 2.05) is 26.0 Å². The van der Waals surface area contributed by atoms with Crippen LogP contribution in [0.2, 0.25) is 0 Å². The van der Waals surface area contributed by atoms with Crippen LogP contribution < -0.4 is 10.1 Å². The van der Waals surface area contributed by atoms with Crippen LogP contribution in [0.3, 0.4) is 0 Å². The largest absolute Gasteiger partial charge is 0.487 e. The van der Waals surface area contributed by atoms with Gasteiger partial charge in [-0.25, -0.2) is 4.98 Å². The van der Waals surface area contributed by atoms with Crippen LogP contribution in [0.5, 0.6) is 5.75 Å². The molecular formula is C13H21ClN2O. The highest BCUT2D eigenvalue weighted by atomic mass is 35.5. The van der Waals surface area contributed by atoms with Gasteiger partial charge in [0.05, 0.1) is 6.10 Å². The molecule has 1 rings (SSSR count). The Morgan fingerprint density at radius 2 is 2.18 bits per heavy atom. The van der Waals surface area contributed by atoms with Crippen molar-refractivity contribution in [2.24, 2.45) is 5.92 Å². The van der Waals surface area contributed by atoms with Crippen molar-refractivity contribution in [1.82, 2.24) is 4.98 Å². The minimum atomic E-state index is 0.153. The average Bonchev–Trinajstić information content (AvgIpc) is 2.27. The molecule has 1 aromatic heterocycles. The summed E-state index contributed by atoms with van der Waals surface area (Å²) in [7, 11) is 0. The summed E-state index contributed by atoms with van der Waals surface area (Å²) in [5.41, 5.74) is 0. The number of alkyl halides is 1. The molecule has 0 spiro atoms. The molecule has 1 atom stereocenters. The highest BCUT2D eigenvalue weighted by Crippen LogP contribution is 2.22. The molecule has 0 radical (unpaired) electrons. The highest BCUT2D eigenvalue weighted by Gasteiger charge is 2.07. The molecule has 0 fully saturated rings. The molecule has 96 valence electrons. The van der Waals surface area contributed by atoms with Gasteiger partial charge in [-0.15, -0.1) is 11.6 Å². The molecule has 4 heteroatoms. The van der Waals surface area contributed by atoms with Crippen molar-refractivity contribution in [1.29, 1.82) is 0 Å². The van der Waals surface area contributed by atoms with E-state index >= 15 is 0 Å². The molecule has 1 aromatic rings. The fourth-order valence-electron chi connectivity index (χ4n) is 1.43. The molecule has 17 heavy (non-hydrogen) atoms. The lowest BCUT2D eigenvalue weighted by molar-refractivity contribution is 0.243. The van der Waals surface area contributed by atoms with Gasteiger partial charge in [0.1, 0.15) is 0 Å². The number of halogens is 1. The van der Waals surface area contributed by atoms with Gasteiger partial charge in [-0.05, 0) is 38.3 Å². The summed E-state index contributed by atoms with van der Waals surface area (Å²) >= 11 is 5.71. The van der Waals surface area contributed by atoms with Crippen LogP contribution in [-0.4, -0.2) is 23.5 Å². The van der Waals surface area contributed by atoms with Crippen molar-refractivity contribution < 1.29 is 4.74 Å². The Kier molecular flexibility index (Phi) is 6.12. The summed E-state index contributed by atoms with van der Waals surface area (Å²) < 4.78 is 5.69. The number of nitrogens with zero attached hydrogens (tertiary/aromatic N) is 1. The summed E-state index contributed by atoms with van der Waals surface area (Å²) in [4.78, 5) is 4.29. The van der Waals surface area contributed by atoms with E-state index in [9.17, 15) is 0 Å². The lowest BCUT2D eigenvalue weighted by Crippen LogP contribution is -2.14. The zero-order chi connectivity index (χ0) is 12.7. The molecule has 0 aliphatic carbocycles.